The quantitative estimate of drug-likeness (QED) is 0.412. The maximum atomic E-state index is 7.00. The third-order valence-corrected chi connectivity index (χ3v) is 0. The summed E-state index contributed by atoms with van der Waals surface area (Å²) in [7, 11) is 1.00. The molecule has 7 heteroatoms. The van der Waals surface area contributed by atoms with Gasteiger partial charge in [-0.15, -0.1) is 0 Å². The summed E-state index contributed by atoms with van der Waals surface area (Å²) in [5.41, 5.74) is 0. The van der Waals surface area contributed by atoms with Crippen LogP contribution >= 0.6 is 0 Å². The van der Waals surface area contributed by atoms with Gasteiger partial charge >= 0.3 is 0 Å². The molecular weight excluding hydrogens is 230 g/mol. The third-order valence-electron chi connectivity index (χ3n) is 0. The Kier molecular flexibility index (Phi) is 24300. The molecule has 0 aliphatic heterocycles. The van der Waals surface area contributed by atoms with E-state index >= 15 is 0 Å². The summed E-state index contributed by atoms with van der Waals surface area (Å²) in [6.45, 7) is 0. The average Bonchev–Trinajstić information content (AvgIpc) is 1.00. The Hall–Kier alpha value is 0.578. The maximum Gasteiger partial charge on any atom is 0.0319 e. The van der Waals surface area contributed by atoms with Crippen molar-refractivity contribution in [2.24, 2.45) is 0 Å². The first kappa shape index (κ1) is 198. The molecular formula is CH14O6Sb. The molecule has 0 bridgehead atoms. The monoisotopic (exact) mass is 243 g/mol. The topological polar surface area (TPSA) is 178 Å². The molecule has 0 rings (SSSR count). The molecule has 0 atom stereocenters. The Labute approximate surface area is 64.5 Å². The van der Waals surface area contributed by atoms with E-state index in [2.05, 4.69) is 0 Å². The SMILES string of the molecule is CO.O.O.O.O.O.[Sb]. The van der Waals surface area contributed by atoms with Crippen LogP contribution in [0, 0.1) is 0 Å². The van der Waals surface area contributed by atoms with Crippen LogP contribution in [-0.2, 0) is 0 Å². The van der Waals surface area contributed by atoms with E-state index in [0.29, 0.717) is 0 Å². The Balaban J connectivity index is -0.000000000333. The summed E-state index contributed by atoms with van der Waals surface area (Å²) in [4.78, 5) is 0. The van der Waals surface area contributed by atoms with Gasteiger partial charge in [0.05, 0.1) is 0 Å². The summed E-state index contributed by atoms with van der Waals surface area (Å²) >= 11 is 0. The van der Waals surface area contributed by atoms with Gasteiger partial charge in [-0.2, -0.15) is 0 Å². The molecule has 0 aliphatic carbocycles. The van der Waals surface area contributed by atoms with Gasteiger partial charge in [-0.3, -0.25) is 0 Å². The maximum absolute atomic E-state index is 7.00. The Morgan fingerprint density at radius 2 is 0.625 bits per heavy atom. The minimum Gasteiger partial charge on any atom is -0.412 e. The zero-order valence-corrected chi connectivity index (χ0v) is 6.95. The number of aliphatic hydroxyl groups excluding tert-OH is 1. The molecule has 11 N–H and O–H groups in total. The van der Waals surface area contributed by atoms with Crippen molar-refractivity contribution in [3.05, 3.63) is 0 Å². The second-order valence-corrected chi connectivity index (χ2v) is 0. The van der Waals surface area contributed by atoms with E-state index in [4.69, 9.17) is 5.11 Å². The van der Waals surface area contributed by atoms with Gasteiger partial charge in [-0.05, 0) is 0 Å². The predicted molar refractivity (Wildman–Crippen MR) is 32.0 cm³/mol. The first-order valence-corrected chi connectivity index (χ1v) is 0.447. The first-order chi connectivity index (χ1) is 1.00. The van der Waals surface area contributed by atoms with Crippen molar-refractivity contribution in [1.29, 1.82) is 0 Å². The normalized spacial score (nSPS) is 0.750. The Bertz CT molecular complexity index is 8.49. The van der Waals surface area contributed by atoms with Gasteiger partial charge in [-0.1, -0.05) is 0 Å². The van der Waals surface area contributed by atoms with Crippen molar-refractivity contribution in [1.82, 2.24) is 0 Å². The molecule has 59 valence electrons. The second kappa shape index (κ2) is 981. The molecule has 0 amide bonds. The van der Waals surface area contributed by atoms with Crippen molar-refractivity contribution >= 4 is 24.4 Å². The molecule has 0 unspecified atom stereocenters. The average molecular weight is 244 g/mol. The molecule has 0 saturated heterocycles. The van der Waals surface area contributed by atoms with Crippen LogP contribution in [0.4, 0.5) is 0 Å². The molecule has 0 spiro atoms. The van der Waals surface area contributed by atoms with Crippen LogP contribution in [0.2, 0.25) is 0 Å². The van der Waals surface area contributed by atoms with Gasteiger partial charge in [0.15, 0.2) is 0 Å². The molecule has 6 nitrogen and oxygen atoms in total. The Morgan fingerprint density at radius 3 is 0.625 bits per heavy atom. The van der Waals surface area contributed by atoms with E-state index in [9.17, 15) is 0 Å². The van der Waals surface area contributed by atoms with Crippen LogP contribution in [-0.4, -0.2) is 64.0 Å². The first-order valence-electron chi connectivity index (χ1n) is 0.447. The molecule has 0 saturated carbocycles. The largest absolute Gasteiger partial charge is 0.412 e. The van der Waals surface area contributed by atoms with Gasteiger partial charge in [0, 0.05) is 31.5 Å². The van der Waals surface area contributed by atoms with E-state index in [1.165, 1.54) is 0 Å². The zero-order valence-electron chi connectivity index (χ0n) is 4.39. The van der Waals surface area contributed by atoms with Crippen molar-refractivity contribution in [3.8, 4) is 0 Å². The fourth-order valence-corrected chi connectivity index (χ4v) is 0. The van der Waals surface area contributed by atoms with E-state index in [-0.39, 0.29) is 51.8 Å². The number of hydrogen-bond acceptors (Lipinski definition) is 1. The third kappa shape index (κ3) is 612. The van der Waals surface area contributed by atoms with Crippen LogP contribution in [0.15, 0.2) is 0 Å². The molecule has 0 aromatic heterocycles. The molecule has 8 heavy (non-hydrogen) atoms. The summed E-state index contributed by atoms with van der Waals surface area (Å²) in [5, 5.41) is 7.00. The van der Waals surface area contributed by atoms with Crippen molar-refractivity contribution in [3.63, 3.8) is 0 Å². The number of aliphatic hydroxyl groups is 1. The molecule has 0 aromatic rings. The fourth-order valence-electron chi connectivity index (χ4n) is 0. The molecule has 0 heterocycles. The standard InChI is InChI=1S/CH4O.5H2O.Sb/c1-2;;;;;;/h2H,1H3;5*1H2;. The van der Waals surface area contributed by atoms with E-state index in [1.54, 1.807) is 0 Å². The van der Waals surface area contributed by atoms with E-state index in [1.807, 2.05) is 0 Å². The number of rotatable bonds is 0. The van der Waals surface area contributed by atoms with Crippen LogP contribution in [0.3, 0.4) is 0 Å². The minimum absolute atomic E-state index is 0. The molecule has 0 aliphatic rings. The van der Waals surface area contributed by atoms with Crippen LogP contribution < -0.4 is 0 Å². The van der Waals surface area contributed by atoms with E-state index in [0.717, 1.165) is 7.11 Å². The predicted octanol–water partition coefficient (Wildman–Crippen LogP) is -4.90. The summed E-state index contributed by atoms with van der Waals surface area (Å²) in [5.74, 6) is 0. The fraction of sp³-hybridized carbons (Fsp3) is 1.00. The van der Waals surface area contributed by atoms with Gasteiger partial charge < -0.3 is 32.5 Å². The van der Waals surface area contributed by atoms with Gasteiger partial charge in [0.25, 0.3) is 0 Å². The molecule has 0 aromatic carbocycles. The van der Waals surface area contributed by atoms with E-state index < -0.39 is 0 Å². The number of hydrogen-bond donors (Lipinski definition) is 1. The van der Waals surface area contributed by atoms with Crippen LogP contribution in [0.5, 0.6) is 0 Å². The summed E-state index contributed by atoms with van der Waals surface area (Å²) < 4.78 is 0. The van der Waals surface area contributed by atoms with Crippen molar-refractivity contribution in [2.75, 3.05) is 7.11 Å². The molecule has 3 radical (unpaired) electrons. The summed E-state index contributed by atoms with van der Waals surface area (Å²) in [6, 6.07) is 0. The summed E-state index contributed by atoms with van der Waals surface area (Å²) in [6.07, 6.45) is 0. The minimum atomic E-state index is 0. The van der Waals surface area contributed by atoms with Crippen molar-refractivity contribution < 1.29 is 32.5 Å². The smallest absolute Gasteiger partial charge is 0.0319 e. The Morgan fingerprint density at radius 1 is 0.625 bits per heavy atom. The van der Waals surface area contributed by atoms with Gasteiger partial charge in [0.2, 0.25) is 0 Å². The van der Waals surface area contributed by atoms with Crippen LogP contribution in [0.1, 0.15) is 0 Å². The zero-order chi connectivity index (χ0) is 2.00. The second-order valence-electron chi connectivity index (χ2n) is 0. The van der Waals surface area contributed by atoms with Gasteiger partial charge in [-0.25, -0.2) is 0 Å². The van der Waals surface area contributed by atoms with Crippen molar-refractivity contribution in [2.45, 2.75) is 0 Å². The van der Waals surface area contributed by atoms with Crippen LogP contribution in [0.25, 0.3) is 0 Å². The van der Waals surface area contributed by atoms with Gasteiger partial charge in [0.1, 0.15) is 0 Å². The molecule has 0 fully saturated rings.